The third kappa shape index (κ3) is 3.20. The molecule has 1 amide bonds. The molecule has 2 rings (SSSR count). The topological polar surface area (TPSA) is 55.6 Å². The highest BCUT2D eigenvalue weighted by molar-refractivity contribution is 5.86. The Labute approximate surface area is 110 Å². The Balaban J connectivity index is 2.02. The van der Waals surface area contributed by atoms with Crippen molar-refractivity contribution in [2.45, 2.75) is 37.4 Å². The van der Waals surface area contributed by atoms with Crippen LogP contribution in [0.3, 0.4) is 0 Å². The van der Waals surface area contributed by atoms with Crippen molar-refractivity contribution in [2.75, 3.05) is 26.3 Å². The molecule has 2 N–H and O–H groups in total. The van der Waals surface area contributed by atoms with Crippen molar-refractivity contribution >= 4 is 5.91 Å². The summed E-state index contributed by atoms with van der Waals surface area (Å²) in [5, 5.41) is 0. The second-order valence-corrected chi connectivity index (χ2v) is 5.40. The van der Waals surface area contributed by atoms with Gasteiger partial charge in [0.1, 0.15) is 0 Å². The van der Waals surface area contributed by atoms with Gasteiger partial charge in [0.2, 0.25) is 5.91 Å². The molecule has 110 valence electrons. The van der Waals surface area contributed by atoms with E-state index in [2.05, 4.69) is 0 Å². The highest BCUT2D eigenvalue weighted by Crippen LogP contribution is 2.34. The number of amides is 1. The maximum absolute atomic E-state index is 12.7. The van der Waals surface area contributed by atoms with Crippen molar-refractivity contribution in [3.8, 4) is 0 Å². The molecular weight excluding hydrogens is 261 g/mol. The minimum absolute atomic E-state index is 0.0912. The fourth-order valence-corrected chi connectivity index (χ4v) is 2.69. The quantitative estimate of drug-likeness (QED) is 0.787. The first-order chi connectivity index (χ1) is 8.83. The fourth-order valence-electron chi connectivity index (χ4n) is 2.69. The highest BCUT2D eigenvalue weighted by atomic mass is 19.4. The molecule has 1 unspecified atom stereocenters. The third-order valence-electron chi connectivity index (χ3n) is 3.98. The van der Waals surface area contributed by atoms with Crippen molar-refractivity contribution in [3.05, 3.63) is 0 Å². The van der Waals surface area contributed by atoms with E-state index in [-0.39, 0.29) is 18.9 Å². The lowest BCUT2D eigenvalue weighted by Crippen LogP contribution is -2.60. The number of likely N-dealkylation sites (tertiary alicyclic amines) is 1. The van der Waals surface area contributed by atoms with Crippen LogP contribution in [0.5, 0.6) is 0 Å². The van der Waals surface area contributed by atoms with Gasteiger partial charge < -0.3 is 15.4 Å². The summed E-state index contributed by atoms with van der Waals surface area (Å²) in [6.07, 6.45) is -3.02. The van der Waals surface area contributed by atoms with Crippen LogP contribution < -0.4 is 5.73 Å². The summed E-state index contributed by atoms with van der Waals surface area (Å²) in [7, 11) is 0. The van der Waals surface area contributed by atoms with E-state index in [1.54, 1.807) is 0 Å². The number of nitrogens with zero attached hydrogens (tertiary/aromatic N) is 1. The van der Waals surface area contributed by atoms with Crippen LogP contribution in [-0.4, -0.2) is 48.8 Å². The Bertz CT molecular complexity index is 340. The van der Waals surface area contributed by atoms with Crippen LogP contribution in [0.25, 0.3) is 0 Å². The molecule has 19 heavy (non-hydrogen) atoms. The predicted octanol–water partition coefficient (Wildman–Crippen LogP) is 1.30. The van der Waals surface area contributed by atoms with Gasteiger partial charge in [-0.05, 0) is 25.7 Å². The molecule has 0 saturated carbocycles. The molecule has 0 spiro atoms. The van der Waals surface area contributed by atoms with Crippen LogP contribution in [0.2, 0.25) is 0 Å². The number of nitrogens with two attached hydrogens (primary N) is 1. The molecule has 2 aliphatic heterocycles. The fraction of sp³-hybridized carbons (Fsp3) is 0.917. The summed E-state index contributed by atoms with van der Waals surface area (Å²) in [6.45, 7) is 0.880. The van der Waals surface area contributed by atoms with Gasteiger partial charge in [0, 0.05) is 26.3 Å². The maximum Gasteiger partial charge on any atom is 0.393 e. The van der Waals surface area contributed by atoms with E-state index in [0.717, 1.165) is 0 Å². The standard InChI is InChI=1S/C12H19F3N2O2/c13-12(14,15)9-2-1-5-17(8-9)10(18)11(16)3-6-19-7-4-11/h9H,1-8,16H2. The molecule has 2 aliphatic rings. The molecule has 0 aromatic rings. The zero-order chi connectivity index (χ0) is 14.1. The average Bonchev–Trinajstić information content (AvgIpc) is 2.38. The minimum atomic E-state index is -4.24. The highest BCUT2D eigenvalue weighted by Gasteiger charge is 2.46. The monoisotopic (exact) mass is 280 g/mol. The number of ether oxygens (including phenoxy) is 1. The number of piperidine rings is 1. The lowest BCUT2D eigenvalue weighted by Gasteiger charge is -2.40. The Morgan fingerprint density at radius 3 is 2.53 bits per heavy atom. The SMILES string of the molecule is NC1(C(=O)N2CCCC(C(F)(F)F)C2)CCOCC1. The van der Waals surface area contributed by atoms with Crippen molar-refractivity contribution in [2.24, 2.45) is 11.7 Å². The lowest BCUT2D eigenvalue weighted by atomic mass is 9.88. The molecule has 2 fully saturated rings. The number of carbonyl (C=O) groups excluding carboxylic acids is 1. The van der Waals surface area contributed by atoms with Gasteiger partial charge in [-0.15, -0.1) is 0 Å². The summed E-state index contributed by atoms with van der Waals surface area (Å²) < 4.78 is 43.3. The second kappa shape index (κ2) is 5.28. The normalized spacial score (nSPS) is 28.2. The maximum atomic E-state index is 12.7. The molecule has 2 heterocycles. The van der Waals surface area contributed by atoms with Crippen molar-refractivity contribution < 1.29 is 22.7 Å². The summed E-state index contributed by atoms with van der Waals surface area (Å²) in [4.78, 5) is 13.6. The van der Waals surface area contributed by atoms with E-state index < -0.39 is 17.6 Å². The molecule has 0 aliphatic carbocycles. The van der Waals surface area contributed by atoms with E-state index in [9.17, 15) is 18.0 Å². The summed E-state index contributed by atoms with van der Waals surface area (Å²) in [5.41, 5.74) is 4.99. The van der Waals surface area contributed by atoms with Crippen molar-refractivity contribution in [1.29, 1.82) is 0 Å². The number of carbonyl (C=O) groups is 1. The first-order valence-electron chi connectivity index (χ1n) is 6.56. The molecule has 4 nitrogen and oxygen atoms in total. The van der Waals surface area contributed by atoms with Gasteiger partial charge in [-0.1, -0.05) is 0 Å². The van der Waals surface area contributed by atoms with E-state index in [1.165, 1.54) is 4.90 Å². The molecular formula is C12H19F3N2O2. The van der Waals surface area contributed by atoms with Crippen LogP contribution in [0.15, 0.2) is 0 Å². The largest absolute Gasteiger partial charge is 0.393 e. The predicted molar refractivity (Wildman–Crippen MR) is 62.3 cm³/mol. The number of hydrogen-bond donors (Lipinski definition) is 1. The van der Waals surface area contributed by atoms with Crippen LogP contribution in [0.4, 0.5) is 13.2 Å². The van der Waals surface area contributed by atoms with Crippen LogP contribution in [0, 0.1) is 5.92 Å². The van der Waals surface area contributed by atoms with E-state index in [1.807, 2.05) is 0 Å². The second-order valence-electron chi connectivity index (χ2n) is 5.40. The van der Waals surface area contributed by atoms with Gasteiger partial charge in [-0.25, -0.2) is 0 Å². The first kappa shape index (κ1) is 14.6. The van der Waals surface area contributed by atoms with Crippen LogP contribution in [-0.2, 0) is 9.53 Å². The number of halogens is 3. The van der Waals surface area contributed by atoms with Gasteiger partial charge >= 0.3 is 6.18 Å². The van der Waals surface area contributed by atoms with Crippen LogP contribution in [0.1, 0.15) is 25.7 Å². The molecule has 0 aromatic carbocycles. The number of rotatable bonds is 1. The molecule has 1 atom stereocenters. The molecule has 7 heteroatoms. The Morgan fingerprint density at radius 2 is 1.95 bits per heavy atom. The van der Waals surface area contributed by atoms with Crippen LogP contribution >= 0.6 is 0 Å². The van der Waals surface area contributed by atoms with E-state index >= 15 is 0 Å². The van der Waals surface area contributed by atoms with Crippen molar-refractivity contribution in [3.63, 3.8) is 0 Å². The zero-order valence-corrected chi connectivity index (χ0v) is 10.7. The van der Waals surface area contributed by atoms with E-state index in [4.69, 9.17) is 10.5 Å². The average molecular weight is 280 g/mol. The van der Waals surface area contributed by atoms with Gasteiger partial charge in [-0.2, -0.15) is 13.2 Å². The van der Waals surface area contributed by atoms with Gasteiger partial charge in [-0.3, -0.25) is 4.79 Å². The Morgan fingerprint density at radius 1 is 1.32 bits per heavy atom. The smallest absolute Gasteiger partial charge is 0.381 e. The Kier molecular flexibility index (Phi) is 4.06. The van der Waals surface area contributed by atoms with E-state index in [0.29, 0.717) is 39.0 Å². The lowest BCUT2D eigenvalue weighted by molar-refractivity contribution is -0.189. The van der Waals surface area contributed by atoms with Crippen molar-refractivity contribution in [1.82, 2.24) is 4.90 Å². The van der Waals surface area contributed by atoms with Gasteiger partial charge in [0.25, 0.3) is 0 Å². The molecule has 0 bridgehead atoms. The zero-order valence-electron chi connectivity index (χ0n) is 10.7. The molecule has 2 saturated heterocycles. The number of hydrogen-bond acceptors (Lipinski definition) is 3. The third-order valence-corrected chi connectivity index (χ3v) is 3.98. The summed E-state index contributed by atoms with van der Waals surface area (Å²) in [6, 6.07) is 0. The number of alkyl halides is 3. The summed E-state index contributed by atoms with van der Waals surface area (Å²) >= 11 is 0. The van der Waals surface area contributed by atoms with Gasteiger partial charge in [0.15, 0.2) is 0 Å². The minimum Gasteiger partial charge on any atom is -0.381 e. The summed E-state index contributed by atoms with van der Waals surface area (Å²) in [5.74, 6) is -1.78. The molecule has 0 aromatic heterocycles. The Hall–Kier alpha value is -0.820. The van der Waals surface area contributed by atoms with Gasteiger partial charge in [0.05, 0.1) is 11.5 Å². The molecule has 0 radical (unpaired) electrons. The first-order valence-corrected chi connectivity index (χ1v) is 6.56.